The molecule has 0 spiro atoms. The molecule has 0 radical (unpaired) electrons. The Hall–Kier alpha value is -1.93. The van der Waals surface area contributed by atoms with Crippen LogP contribution in [0.2, 0.25) is 0 Å². The van der Waals surface area contributed by atoms with Crippen LogP contribution in [0.4, 0.5) is 10.8 Å². The molecule has 1 heterocycles. The normalized spacial score (nSPS) is 13.6. The summed E-state index contributed by atoms with van der Waals surface area (Å²) in [5.41, 5.74) is 3.03. The summed E-state index contributed by atoms with van der Waals surface area (Å²) in [5.74, 6) is 0.158. The fourth-order valence-corrected chi connectivity index (χ4v) is 4.37. The number of anilines is 2. The van der Waals surface area contributed by atoms with Crippen molar-refractivity contribution < 1.29 is 9.59 Å². The second kappa shape index (κ2) is 7.53. The first kappa shape index (κ1) is 17.9. The third kappa shape index (κ3) is 4.79. The van der Waals surface area contributed by atoms with Crippen molar-refractivity contribution in [3.8, 4) is 0 Å². The zero-order valence-electron chi connectivity index (χ0n) is 14.4. The lowest BCUT2D eigenvalue weighted by atomic mass is 10.1. The summed E-state index contributed by atoms with van der Waals surface area (Å²) in [6.45, 7) is 5.55. The molecule has 132 valence electrons. The third-order valence-corrected chi connectivity index (χ3v) is 5.74. The van der Waals surface area contributed by atoms with Gasteiger partial charge in [0.25, 0.3) is 0 Å². The molecule has 2 aromatic rings. The van der Waals surface area contributed by atoms with Crippen molar-refractivity contribution in [1.82, 2.24) is 10.2 Å². The van der Waals surface area contributed by atoms with E-state index in [1.54, 1.807) is 11.8 Å². The molecule has 6 nitrogen and oxygen atoms in total. The Balaban J connectivity index is 1.56. The Morgan fingerprint density at radius 2 is 1.92 bits per heavy atom. The molecule has 0 aliphatic heterocycles. The van der Waals surface area contributed by atoms with Crippen molar-refractivity contribution in [3.05, 3.63) is 29.3 Å². The molecule has 1 N–H and O–H groups in total. The maximum atomic E-state index is 12.1. The molecule has 8 heteroatoms. The first-order valence-corrected chi connectivity index (χ1v) is 9.87. The summed E-state index contributed by atoms with van der Waals surface area (Å²) >= 11 is 2.69. The van der Waals surface area contributed by atoms with E-state index in [0.29, 0.717) is 9.47 Å². The van der Waals surface area contributed by atoms with Gasteiger partial charge in [-0.15, -0.1) is 10.2 Å². The topological polar surface area (TPSA) is 75.2 Å². The van der Waals surface area contributed by atoms with Crippen LogP contribution in [0.3, 0.4) is 0 Å². The molecule has 0 saturated heterocycles. The molecule has 1 aliphatic carbocycles. The maximum absolute atomic E-state index is 12.1. The monoisotopic (exact) mass is 376 g/mol. The van der Waals surface area contributed by atoms with Gasteiger partial charge in [-0.05, 0) is 49.9 Å². The molecule has 25 heavy (non-hydrogen) atoms. The van der Waals surface area contributed by atoms with Crippen LogP contribution in [0.1, 0.15) is 30.9 Å². The van der Waals surface area contributed by atoms with Gasteiger partial charge >= 0.3 is 0 Å². The molecule has 0 atom stereocenters. The predicted octanol–water partition coefficient (Wildman–Crippen LogP) is 3.40. The Morgan fingerprint density at radius 3 is 2.52 bits per heavy atom. The minimum atomic E-state index is -0.0858. The largest absolute Gasteiger partial charge is 0.325 e. The second-order valence-electron chi connectivity index (χ2n) is 6.18. The highest BCUT2D eigenvalue weighted by atomic mass is 32.2. The molecule has 1 fully saturated rings. The SMILES string of the molecule is CC(=O)N(c1nnc(SCC(=O)Nc2cc(C)cc(C)c2)s1)C1CC1. The molecule has 1 aliphatic rings. The van der Waals surface area contributed by atoms with Crippen LogP contribution in [-0.4, -0.2) is 33.8 Å². The van der Waals surface area contributed by atoms with Crippen LogP contribution >= 0.6 is 23.1 Å². The number of nitrogens with one attached hydrogen (secondary N) is 1. The average molecular weight is 377 g/mol. The molecule has 1 aromatic carbocycles. The lowest BCUT2D eigenvalue weighted by molar-refractivity contribution is -0.116. The van der Waals surface area contributed by atoms with E-state index < -0.39 is 0 Å². The smallest absolute Gasteiger partial charge is 0.234 e. The van der Waals surface area contributed by atoms with Gasteiger partial charge in [0.05, 0.1) is 5.75 Å². The number of aryl methyl sites for hydroxylation is 2. The van der Waals surface area contributed by atoms with Crippen LogP contribution in [-0.2, 0) is 9.59 Å². The van der Waals surface area contributed by atoms with Gasteiger partial charge in [0.2, 0.25) is 16.9 Å². The number of rotatable bonds is 6. The fraction of sp³-hybridized carbons (Fsp3) is 0.412. The number of hydrogen-bond donors (Lipinski definition) is 1. The van der Waals surface area contributed by atoms with E-state index >= 15 is 0 Å². The van der Waals surface area contributed by atoms with Crippen molar-refractivity contribution in [2.75, 3.05) is 16.0 Å². The number of benzene rings is 1. The highest BCUT2D eigenvalue weighted by molar-refractivity contribution is 8.01. The van der Waals surface area contributed by atoms with Gasteiger partial charge in [0.1, 0.15) is 0 Å². The summed E-state index contributed by atoms with van der Waals surface area (Å²) < 4.78 is 0.692. The number of amides is 2. The van der Waals surface area contributed by atoms with Crippen molar-refractivity contribution in [1.29, 1.82) is 0 Å². The van der Waals surface area contributed by atoms with Crippen LogP contribution in [0.5, 0.6) is 0 Å². The number of aromatic nitrogens is 2. The minimum Gasteiger partial charge on any atom is -0.325 e. The van der Waals surface area contributed by atoms with Gasteiger partial charge in [0.15, 0.2) is 4.34 Å². The lowest BCUT2D eigenvalue weighted by Gasteiger charge is -2.15. The van der Waals surface area contributed by atoms with Gasteiger partial charge in [0, 0.05) is 18.7 Å². The summed E-state index contributed by atoms with van der Waals surface area (Å²) in [7, 11) is 0. The Bertz CT molecular complexity index is 781. The van der Waals surface area contributed by atoms with Crippen LogP contribution in [0.25, 0.3) is 0 Å². The van der Waals surface area contributed by atoms with Gasteiger partial charge < -0.3 is 5.32 Å². The Morgan fingerprint density at radius 1 is 1.24 bits per heavy atom. The number of nitrogens with zero attached hydrogens (tertiary/aromatic N) is 3. The van der Waals surface area contributed by atoms with Gasteiger partial charge in [-0.25, -0.2) is 0 Å². The van der Waals surface area contributed by atoms with E-state index in [2.05, 4.69) is 21.6 Å². The van der Waals surface area contributed by atoms with Crippen LogP contribution in [0, 0.1) is 13.8 Å². The molecule has 1 aromatic heterocycles. The molecule has 3 rings (SSSR count). The van der Waals surface area contributed by atoms with Crippen molar-refractivity contribution in [2.24, 2.45) is 0 Å². The average Bonchev–Trinajstić information content (AvgIpc) is 3.22. The Kier molecular flexibility index (Phi) is 5.39. The van der Waals surface area contributed by atoms with Crippen molar-refractivity contribution in [3.63, 3.8) is 0 Å². The first-order chi connectivity index (χ1) is 11.9. The van der Waals surface area contributed by atoms with Gasteiger partial charge in [-0.3, -0.25) is 14.5 Å². The van der Waals surface area contributed by atoms with Crippen molar-refractivity contribution >= 4 is 45.7 Å². The molecular formula is C17H20N4O2S2. The predicted molar refractivity (Wildman–Crippen MR) is 101 cm³/mol. The first-order valence-electron chi connectivity index (χ1n) is 8.06. The molecule has 0 bridgehead atoms. The van der Waals surface area contributed by atoms with Gasteiger partial charge in [-0.1, -0.05) is 29.2 Å². The molecule has 1 saturated carbocycles. The van der Waals surface area contributed by atoms with Crippen LogP contribution < -0.4 is 10.2 Å². The highest BCUT2D eigenvalue weighted by Gasteiger charge is 2.34. The second-order valence-corrected chi connectivity index (χ2v) is 8.36. The van der Waals surface area contributed by atoms with E-state index in [-0.39, 0.29) is 23.6 Å². The van der Waals surface area contributed by atoms with E-state index in [1.807, 2.05) is 26.0 Å². The van der Waals surface area contributed by atoms with Crippen LogP contribution in [0.15, 0.2) is 22.5 Å². The molecule has 2 amide bonds. The summed E-state index contributed by atoms with van der Waals surface area (Å²) in [4.78, 5) is 25.6. The van der Waals surface area contributed by atoms with E-state index in [0.717, 1.165) is 29.7 Å². The van der Waals surface area contributed by atoms with E-state index in [4.69, 9.17) is 0 Å². The summed E-state index contributed by atoms with van der Waals surface area (Å²) in [6.07, 6.45) is 2.03. The number of thioether (sulfide) groups is 1. The third-order valence-electron chi connectivity index (χ3n) is 3.69. The summed E-state index contributed by atoms with van der Waals surface area (Å²) in [6, 6.07) is 6.21. The van der Waals surface area contributed by atoms with Crippen molar-refractivity contribution in [2.45, 2.75) is 44.0 Å². The quantitative estimate of drug-likeness (QED) is 0.618. The lowest BCUT2D eigenvalue weighted by Crippen LogP contribution is -2.30. The number of hydrogen-bond acceptors (Lipinski definition) is 6. The molecule has 0 unspecified atom stereocenters. The van der Waals surface area contributed by atoms with E-state index in [1.165, 1.54) is 23.1 Å². The number of carbonyl (C=O) groups excluding carboxylic acids is 2. The van der Waals surface area contributed by atoms with E-state index in [9.17, 15) is 9.59 Å². The van der Waals surface area contributed by atoms with Gasteiger partial charge in [-0.2, -0.15) is 0 Å². The summed E-state index contributed by atoms with van der Waals surface area (Å²) in [5, 5.41) is 11.7. The standard InChI is InChI=1S/C17H20N4O2S2/c1-10-6-11(2)8-13(7-10)18-15(23)9-24-17-20-19-16(25-17)21(12(3)22)14-4-5-14/h6-8,14H,4-5,9H2,1-3H3,(H,18,23). The fourth-order valence-electron chi connectivity index (χ4n) is 2.61. The Labute approximate surface area is 155 Å². The highest BCUT2D eigenvalue weighted by Crippen LogP contribution is 2.35. The molecular weight excluding hydrogens is 356 g/mol. The zero-order chi connectivity index (χ0) is 18.0. The maximum Gasteiger partial charge on any atom is 0.234 e. The minimum absolute atomic E-state index is 0.0113. The zero-order valence-corrected chi connectivity index (χ0v) is 16.0. The number of carbonyl (C=O) groups is 2.